The fourth-order valence-electron chi connectivity index (χ4n) is 2.01. The largest absolute Gasteiger partial charge is 0.393 e. The van der Waals surface area contributed by atoms with Gasteiger partial charge < -0.3 is 0 Å². The second kappa shape index (κ2) is 3.48. The van der Waals surface area contributed by atoms with Crippen LogP contribution < -0.4 is 0 Å². The third-order valence-electron chi connectivity index (χ3n) is 2.75. The van der Waals surface area contributed by atoms with Crippen LogP contribution in [0, 0.1) is 5.92 Å². The number of hydrogen-bond acceptors (Lipinski definition) is 1. The summed E-state index contributed by atoms with van der Waals surface area (Å²) < 4.78 is 37.0. The molecule has 1 fully saturated rings. The molecule has 0 aromatic rings. The van der Waals surface area contributed by atoms with E-state index in [1.807, 2.05) is 25.7 Å². The van der Waals surface area contributed by atoms with Gasteiger partial charge in [-0.3, -0.25) is 4.90 Å². The fraction of sp³-hybridized carbons (Fsp3) is 1.00. The zero-order chi connectivity index (χ0) is 10.2. The average Bonchev–Trinajstić information content (AvgIpc) is 2.29. The van der Waals surface area contributed by atoms with E-state index in [4.69, 9.17) is 0 Å². The minimum absolute atomic E-state index is 0.0617. The third-order valence-corrected chi connectivity index (χ3v) is 2.75. The molecule has 78 valence electrons. The predicted octanol–water partition coefficient (Wildman–Crippen LogP) is 2.67. The van der Waals surface area contributed by atoms with Crippen LogP contribution in [0.15, 0.2) is 0 Å². The molecule has 4 heteroatoms. The van der Waals surface area contributed by atoms with E-state index in [1.165, 1.54) is 0 Å². The van der Waals surface area contributed by atoms with Gasteiger partial charge in [0.15, 0.2) is 0 Å². The zero-order valence-corrected chi connectivity index (χ0v) is 8.23. The van der Waals surface area contributed by atoms with Gasteiger partial charge in [-0.15, -0.1) is 0 Å². The zero-order valence-electron chi connectivity index (χ0n) is 8.23. The van der Waals surface area contributed by atoms with Crippen LogP contribution in [0.25, 0.3) is 0 Å². The second-order valence-electron chi connectivity index (χ2n) is 4.11. The predicted molar refractivity (Wildman–Crippen MR) is 45.5 cm³/mol. The molecule has 13 heavy (non-hydrogen) atoms. The highest BCUT2D eigenvalue weighted by Gasteiger charge is 2.46. The van der Waals surface area contributed by atoms with E-state index in [0.717, 1.165) is 0 Å². The topological polar surface area (TPSA) is 3.24 Å². The minimum atomic E-state index is -4.02. The lowest BCUT2D eigenvalue weighted by atomic mass is 10.1. The number of alkyl halides is 3. The van der Waals surface area contributed by atoms with Crippen LogP contribution in [0.1, 0.15) is 27.2 Å². The smallest absolute Gasteiger partial charge is 0.298 e. The van der Waals surface area contributed by atoms with Crippen molar-refractivity contribution in [1.29, 1.82) is 0 Å². The van der Waals surface area contributed by atoms with Gasteiger partial charge in [0, 0.05) is 18.6 Å². The fourth-order valence-corrected chi connectivity index (χ4v) is 2.01. The van der Waals surface area contributed by atoms with Crippen molar-refractivity contribution >= 4 is 0 Å². The Morgan fingerprint density at radius 1 is 1.31 bits per heavy atom. The highest BCUT2D eigenvalue weighted by atomic mass is 19.4. The first kappa shape index (κ1) is 10.8. The van der Waals surface area contributed by atoms with Gasteiger partial charge in [-0.1, -0.05) is 0 Å². The summed E-state index contributed by atoms with van der Waals surface area (Å²) in [5, 5.41) is 0. The maximum atomic E-state index is 12.3. The van der Waals surface area contributed by atoms with Crippen molar-refractivity contribution in [1.82, 2.24) is 4.90 Å². The van der Waals surface area contributed by atoms with Crippen molar-refractivity contribution in [2.24, 2.45) is 5.92 Å². The first-order valence-corrected chi connectivity index (χ1v) is 4.65. The van der Waals surface area contributed by atoms with Gasteiger partial charge >= 0.3 is 6.18 Å². The summed E-state index contributed by atoms with van der Waals surface area (Å²) in [7, 11) is 0. The quantitative estimate of drug-likeness (QED) is 0.621. The molecular weight excluding hydrogens is 179 g/mol. The van der Waals surface area contributed by atoms with Gasteiger partial charge in [-0.2, -0.15) is 13.2 Å². The molecule has 1 saturated heterocycles. The normalized spacial score (nSPS) is 31.6. The van der Waals surface area contributed by atoms with E-state index in [9.17, 15) is 13.2 Å². The summed E-state index contributed by atoms with van der Waals surface area (Å²) >= 11 is 0. The number of halogens is 3. The number of nitrogens with zero attached hydrogens (tertiary/aromatic N) is 1. The maximum Gasteiger partial charge on any atom is 0.393 e. The monoisotopic (exact) mass is 195 g/mol. The average molecular weight is 195 g/mol. The molecule has 0 bridgehead atoms. The van der Waals surface area contributed by atoms with E-state index in [2.05, 4.69) is 0 Å². The molecular formula is C9H16F3N. The highest BCUT2D eigenvalue weighted by Crippen LogP contribution is 2.36. The summed E-state index contributed by atoms with van der Waals surface area (Å²) in [5.41, 5.74) is 0. The van der Waals surface area contributed by atoms with E-state index >= 15 is 0 Å². The number of rotatable bonds is 1. The standard InChI is InChI=1S/C9H16F3N/c1-6(2)13-5-8(4-7(13)3)9(10,11)12/h6-8H,4-5H2,1-3H3/t7?,8-/m0/s1. The Morgan fingerprint density at radius 3 is 2.08 bits per heavy atom. The molecule has 0 spiro atoms. The molecule has 0 aliphatic carbocycles. The van der Waals surface area contributed by atoms with E-state index in [-0.39, 0.29) is 25.0 Å². The molecule has 0 saturated carbocycles. The Morgan fingerprint density at radius 2 is 1.85 bits per heavy atom. The van der Waals surface area contributed by atoms with E-state index in [0.29, 0.717) is 0 Å². The van der Waals surface area contributed by atoms with Crippen molar-refractivity contribution < 1.29 is 13.2 Å². The summed E-state index contributed by atoms with van der Waals surface area (Å²) in [4.78, 5) is 1.91. The SMILES string of the molecule is CC(C)N1C[C@@H](C(F)(F)F)CC1C. The highest BCUT2D eigenvalue weighted by molar-refractivity contribution is 4.87. The Hall–Kier alpha value is -0.250. The third kappa shape index (κ3) is 2.36. The molecule has 1 unspecified atom stereocenters. The first-order chi connectivity index (χ1) is 5.82. The van der Waals surface area contributed by atoms with Gasteiger partial charge in [0.1, 0.15) is 0 Å². The molecule has 1 rings (SSSR count). The molecule has 2 atom stereocenters. The second-order valence-corrected chi connectivity index (χ2v) is 4.11. The van der Waals surface area contributed by atoms with Crippen molar-refractivity contribution in [3.63, 3.8) is 0 Å². The van der Waals surface area contributed by atoms with E-state index < -0.39 is 12.1 Å². The Kier molecular flexibility index (Phi) is 2.90. The van der Waals surface area contributed by atoms with Gasteiger partial charge in [0.05, 0.1) is 5.92 Å². The molecule has 0 radical (unpaired) electrons. The van der Waals surface area contributed by atoms with Crippen LogP contribution in [0.2, 0.25) is 0 Å². The van der Waals surface area contributed by atoms with Crippen molar-refractivity contribution in [2.75, 3.05) is 6.54 Å². The van der Waals surface area contributed by atoms with Crippen LogP contribution in [-0.4, -0.2) is 29.7 Å². The molecule has 1 nitrogen and oxygen atoms in total. The Labute approximate surface area is 76.9 Å². The summed E-state index contributed by atoms with van der Waals surface area (Å²) in [5.74, 6) is -1.12. The molecule has 0 aromatic heterocycles. The van der Waals surface area contributed by atoms with Gasteiger partial charge in [-0.25, -0.2) is 0 Å². The molecule has 1 aliphatic rings. The minimum Gasteiger partial charge on any atom is -0.298 e. The van der Waals surface area contributed by atoms with Crippen LogP contribution >= 0.6 is 0 Å². The molecule has 0 aromatic carbocycles. The van der Waals surface area contributed by atoms with Crippen LogP contribution in [0.3, 0.4) is 0 Å². The molecule has 1 aliphatic heterocycles. The lowest BCUT2D eigenvalue weighted by molar-refractivity contribution is -0.170. The number of likely N-dealkylation sites (tertiary alicyclic amines) is 1. The Bertz CT molecular complexity index is 176. The van der Waals surface area contributed by atoms with E-state index in [1.54, 1.807) is 0 Å². The lowest BCUT2D eigenvalue weighted by Gasteiger charge is -2.25. The molecule has 0 amide bonds. The van der Waals surface area contributed by atoms with Gasteiger partial charge in [0.25, 0.3) is 0 Å². The molecule has 0 N–H and O–H groups in total. The van der Waals surface area contributed by atoms with Crippen LogP contribution in [0.5, 0.6) is 0 Å². The molecule has 1 heterocycles. The summed E-state index contributed by atoms with van der Waals surface area (Å²) in [6, 6.07) is 0.272. The van der Waals surface area contributed by atoms with Crippen LogP contribution in [-0.2, 0) is 0 Å². The number of hydrogen-bond donors (Lipinski definition) is 0. The summed E-state index contributed by atoms with van der Waals surface area (Å²) in [6.45, 7) is 5.92. The van der Waals surface area contributed by atoms with Crippen molar-refractivity contribution in [3.05, 3.63) is 0 Å². The summed E-state index contributed by atoms with van der Waals surface area (Å²) in [6.07, 6.45) is -3.76. The van der Waals surface area contributed by atoms with Crippen molar-refractivity contribution in [3.8, 4) is 0 Å². The van der Waals surface area contributed by atoms with Crippen LogP contribution in [0.4, 0.5) is 13.2 Å². The lowest BCUT2D eigenvalue weighted by Crippen LogP contribution is -2.35. The van der Waals surface area contributed by atoms with Crippen molar-refractivity contribution in [2.45, 2.75) is 45.5 Å². The maximum absolute atomic E-state index is 12.3. The first-order valence-electron chi connectivity index (χ1n) is 4.65. The van der Waals surface area contributed by atoms with Gasteiger partial charge in [-0.05, 0) is 27.2 Å². The van der Waals surface area contributed by atoms with Gasteiger partial charge in [0.2, 0.25) is 0 Å². The Balaban J connectivity index is 2.60.